The number of rotatable bonds is 3. The van der Waals surface area contributed by atoms with Crippen molar-refractivity contribution in [2.24, 2.45) is 5.73 Å². The average Bonchev–Trinajstić information content (AvgIpc) is 2.63. The van der Waals surface area contributed by atoms with Crippen molar-refractivity contribution in [2.45, 2.75) is 25.3 Å². The normalized spacial score (nSPS) is 15.6. The Hall–Kier alpha value is -1.42. The van der Waals surface area contributed by atoms with Gasteiger partial charge in [0.15, 0.2) is 0 Å². The van der Waals surface area contributed by atoms with Gasteiger partial charge in [0.25, 0.3) is 6.43 Å². The Kier molecular flexibility index (Phi) is 2.68. The van der Waals surface area contributed by atoms with Gasteiger partial charge in [-0.1, -0.05) is 6.07 Å². The van der Waals surface area contributed by atoms with E-state index in [2.05, 4.69) is 0 Å². The first-order chi connectivity index (χ1) is 7.49. The maximum atomic E-state index is 12.6. The zero-order chi connectivity index (χ0) is 11.8. The van der Waals surface area contributed by atoms with Gasteiger partial charge in [0.05, 0.1) is 11.8 Å². The number of fused-ring (bicyclic) bond motifs is 1. The Bertz CT molecular complexity index is 490. The molecule has 0 saturated carbocycles. The summed E-state index contributed by atoms with van der Waals surface area (Å²) in [5, 5.41) is 0.905. The van der Waals surface area contributed by atoms with Crippen molar-refractivity contribution in [3.8, 4) is 0 Å². The summed E-state index contributed by atoms with van der Waals surface area (Å²) in [6.07, 6.45) is -0.817. The molecule has 0 bridgehead atoms. The number of hydrogen-bond acceptors (Lipinski definition) is 2. The van der Waals surface area contributed by atoms with Crippen molar-refractivity contribution >= 4 is 11.0 Å². The molecular formula is C12H13F2NO. The molecule has 1 aromatic carbocycles. The van der Waals surface area contributed by atoms with E-state index in [9.17, 15) is 8.78 Å². The Labute approximate surface area is 92.0 Å². The van der Waals surface area contributed by atoms with Crippen LogP contribution >= 0.6 is 0 Å². The summed E-state index contributed by atoms with van der Waals surface area (Å²) in [6, 6.07) is 7.16. The van der Waals surface area contributed by atoms with Crippen molar-refractivity contribution < 1.29 is 13.2 Å². The van der Waals surface area contributed by atoms with E-state index in [1.165, 1.54) is 6.92 Å². The predicted molar refractivity (Wildman–Crippen MR) is 58.5 cm³/mol. The predicted octanol–water partition coefficient (Wildman–Crippen LogP) is 2.96. The second kappa shape index (κ2) is 3.87. The Morgan fingerprint density at radius 2 is 2.12 bits per heavy atom. The summed E-state index contributed by atoms with van der Waals surface area (Å²) in [7, 11) is 0. The third-order valence-corrected chi connectivity index (χ3v) is 2.60. The molecule has 4 heteroatoms. The van der Waals surface area contributed by atoms with Gasteiger partial charge in [-0.25, -0.2) is 8.78 Å². The zero-order valence-corrected chi connectivity index (χ0v) is 8.91. The van der Waals surface area contributed by atoms with Gasteiger partial charge in [0, 0.05) is 5.39 Å². The monoisotopic (exact) mass is 225 g/mol. The SMILES string of the molecule is CC(N)(Cc1ccc2occc2c1)C(F)F. The minimum Gasteiger partial charge on any atom is -0.464 e. The summed E-state index contributed by atoms with van der Waals surface area (Å²) < 4.78 is 30.4. The lowest BCUT2D eigenvalue weighted by atomic mass is 9.94. The highest BCUT2D eigenvalue weighted by atomic mass is 19.3. The molecule has 0 aliphatic heterocycles. The molecule has 86 valence electrons. The minimum atomic E-state index is -2.53. The molecule has 0 amide bonds. The van der Waals surface area contributed by atoms with Crippen LogP contribution in [0.1, 0.15) is 12.5 Å². The third kappa shape index (κ3) is 2.07. The molecule has 2 N–H and O–H groups in total. The number of halogens is 2. The van der Waals surface area contributed by atoms with Gasteiger partial charge in [-0.15, -0.1) is 0 Å². The average molecular weight is 225 g/mol. The molecule has 1 heterocycles. The van der Waals surface area contributed by atoms with Gasteiger partial charge in [0.1, 0.15) is 5.58 Å². The molecule has 2 nitrogen and oxygen atoms in total. The van der Waals surface area contributed by atoms with Crippen molar-refractivity contribution in [3.05, 3.63) is 36.1 Å². The Morgan fingerprint density at radius 3 is 2.81 bits per heavy atom. The van der Waals surface area contributed by atoms with Crippen LogP contribution in [0.3, 0.4) is 0 Å². The molecule has 1 unspecified atom stereocenters. The van der Waals surface area contributed by atoms with Gasteiger partial charge in [0.2, 0.25) is 0 Å². The van der Waals surface area contributed by atoms with Crippen LogP contribution in [0.25, 0.3) is 11.0 Å². The maximum Gasteiger partial charge on any atom is 0.256 e. The summed E-state index contributed by atoms with van der Waals surface area (Å²) in [6.45, 7) is 1.36. The largest absolute Gasteiger partial charge is 0.464 e. The summed E-state index contributed by atoms with van der Waals surface area (Å²) in [5.74, 6) is 0. The number of hydrogen-bond donors (Lipinski definition) is 1. The molecule has 2 rings (SSSR count). The van der Waals surface area contributed by atoms with Crippen LogP contribution in [0.2, 0.25) is 0 Å². The van der Waals surface area contributed by atoms with E-state index in [1.54, 1.807) is 24.5 Å². The molecule has 16 heavy (non-hydrogen) atoms. The molecule has 0 aliphatic carbocycles. The number of nitrogens with two attached hydrogens (primary N) is 1. The smallest absolute Gasteiger partial charge is 0.256 e. The van der Waals surface area contributed by atoms with Crippen molar-refractivity contribution in [3.63, 3.8) is 0 Å². The zero-order valence-electron chi connectivity index (χ0n) is 8.91. The van der Waals surface area contributed by atoms with E-state index in [4.69, 9.17) is 10.2 Å². The van der Waals surface area contributed by atoms with Crippen LogP contribution < -0.4 is 5.73 Å². The molecule has 1 aromatic heterocycles. The topological polar surface area (TPSA) is 39.2 Å². The van der Waals surface area contributed by atoms with Crippen LogP contribution in [0, 0.1) is 0 Å². The van der Waals surface area contributed by atoms with E-state index in [-0.39, 0.29) is 6.42 Å². The Morgan fingerprint density at radius 1 is 1.38 bits per heavy atom. The van der Waals surface area contributed by atoms with Gasteiger partial charge in [-0.05, 0) is 37.1 Å². The van der Waals surface area contributed by atoms with Crippen LogP contribution in [0.15, 0.2) is 34.9 Å². The van der Waals surface area contributed by atoms with Crippen molar-refractivity contribution in [1.29, 1.82) is 0 Å². The molecule has 0 spiro atoms. The minimum absolute atomic E-state index is 0.145. The lowest BCUT2D eigenvalue weighted by Crippen LogP contribution is -2.45. The quantitative estimate of drug-likeness (QED) is 0.872. The fourth-order valence-electron chi connectivity index (χ4n) is 1.64. The first-order valence-corrected chi connectivity index (χ1v) is 5.02. The number of benzene rings is 1. The number of alkyl halides is 2. The highest BCUT2D eigenvalue weighted by Crippen LogP contribution is 2.22. The van der Waals surface area contributed by atoms with E-state index in [0.29, 0.717) is 0 Å². The molecule has 0 fully saturated rings. The maximum absolute atomic E-state index is 12.6. The van der Waals surface area contributed by atoms with Crippen LogP contribution in [0.5, 0.6) is 0 Å². The van der Waals surface area contributed by atoms with E-state index >= 15 is 0 Å². The third-order valence-electron chi connectivity index (χ3n) is 2.60. The molecule has 0 aliphatic rings. The van der Waals surface area contributed by atoms with Crippen molar-refractivity contribution in [1.82, 2.24) is 0 Å². The second-order valence-electron chi connectivity index (χ2n) is 4.28. The molecule has 0 radical (unpaired) electrons. The Balaban J connectivity index is 2.27. The highest BCUT2D eigenvalue weighted by Gasteiger charge is 2.30. The summed E-state index contributed by atoms with van der Waals surface area (Å²) in [5.41, 5.74) is 5.59. The molecule has 0 saturated heterocycles. The van der Waals surface area contributed by atoms with Gasteiger partial charge in [-0.3, -0.25) is 0 Å². The highest BCUT2D eigenvalue weighted by molar-refractivity contribution is 5.77. The fourth-order valence-corrected chi connectivity index (χ4v) is 1.64. The van der Waals surface area contributed by atoms with E-state index in [1.807, 2.05) is 6.07 Å². The van der Waals surface area contributed by atoms with E-state index in [0.717, 1.165) is 16.5 Å². The summed E-state index contributed by atoms with van der Waals surface area (Å²) in [4.78, 5) is 0. The van der Waals surface area contributed by atoms with E-state index < -0.39 is 12.0 Å². The summed E-state index contributed by atoms with van der Waals surface area (Å²) >= 11 is 0. The number of furan rings is 1. The first kappa shape index (κ1) is 11.1. The lowest BCUT2D eigenvalue weighted by molar-refractivity contribution is 0.0639. The molecular weight excluding hydrogens is 212 g/mol. The van der Waals surface area contributed by atoms with Gasteiger partial charge >= 0.3 is 0 Å². The first-order valence-electron chi connectivity index (χ1n) is 5.02. The second-order valence-corrected chi connectivity index (χ2v) is 4.28. The molecule has 1 atom stereocenters. The van der Waals surface area contributed by atoms with Crippen molar-refractivity contribution in [2.75, 3.05) is 0 Å². The van der Waals surface area contributed by atoms with Crippen LogP contribution in [-0.2, 0) is 6.42 Å². The van der Waals surface area contributed by atoms with Gasteiger partial charge < -0.3 is 10.2 Å². The lowest BCUT2D eigenvalue weighted by Gasteiger charge is -2.23. The van der Waals surface area contributed by atoms with Crippen LogP contribution in [0.4, 0.5) is 8.78 Å². The van der Waals surface area contributed by atoms with Gasteiger partial charge in [-0.2, -0.15) is 0 Å². The fraction of sp³-hybridized carbons (Fsp3) is 0.333. The van der Waals surface area contributed by atoms with Crippen LogP contribution in [-0.4, -0.2) is 12.0 Å². The molecule has 2 aromatic rings. The standard InChI is InChI=1S/C12H13F2NO/c1-12(15,11(13)14)7-8-2-3-10-9(6-8)4-5-16-10/h2-6,11H,7,15H2,1H3.